The van der Waals surface area contributed by atoms with Crippen molar-refractivity contribution in [3.8, 4) is 0 Å². The van der Waals surface area contributed by atoms with E-state index in [0.29, 0.717) is 11.9 Å². The standard InChI is InChI=1S/C13H24N4O.HI/c14-13(16-5-7-18-8-6-16)15-9-11-3-4-17(10-11)12-1-2-12;/h11-12H,1-10H2,(H2,14,15);1H. The fourth-order valence-electron chi connectivity index (χ4n) is 2.90. The number of guanidine groups is 1. The monoisotopic (exact) mass is 380 g/mol. The molecule has 0 radical (unpaired) electrons. The van der Waals surface area contributed by atoms with Crippen molar-refractivity contribution in [1.29, 1.82) is 0 Å². The first-order valence-electron chi connectivity index (χ1n) is 7.19. The van der Waals surface area contributed by atoms with E-state index in [1.165, 1.54) is 32.4 Å². The summed E-state index contributed by atoms with van der Waals surface area (Å²) in [5.74, 6) is 1.42. The number of ether oxygens (including phenoxy) is 1. The van der Waals surface area contributed by atoms with Crippen LogP contribution in [0.4, 0.5) is 0 Å². The Morgan fingerprint density at radius 1 is 1.16 bits per heavy atom. The van der Waals surface area contributed by atoms with E-state index in [0.717, 1.165) is 38.9 Å². The first kappa shape index (κ1) is 15.3. The van der Waals surface area contributed by atoms with Crippen LogP contribution in [0.15, 0.2) is 4.99 Å². The molecule has 6 heteroatoms. The van der Waals surface area contributed by atoms with Gasteiger partial charge in [0, 0.05) is 32.2 Å². The molecule has 0 aromatic heterocycles. The Hall–Kier alpha value is -0.0800. The summed E-state index contributed by atoms with van der Waals surface area (Å²) in [6, 6.07) is 0.899. The van der Waals surface area contributed by atoms with Gasteiger partial charge in [-0.3, -0.25) is 4.99 Å². The lowest BCUT2D eigenvalue weighted by Gasteiger charge is -2.27. The molecule has 3 aliphatic rings. The summed E-state index contributed by atoms with van der Waals surface area (Å²) in [5.41, 5.74) is 6.04. The van der Waals surface area contributed by atoms with E-state index >= 15 is 0 Å². The molecule has 0 bridgehead atoms. The molecule has 2 heterocycles. The van der Waals surface area contributed by atoms with Gasteiger partial charge in [-0.2, -0.15) is 0 Å². The van der Waals surface area contributed by atoms with Crippen molar-refractivity contribution in [1.82, 2.24) is 9.80 Å². The third kappa shape index (κ3) is 4.19. The van der Waals surface area contributed by atoms with Crippen LogP contribution < -0.4 is 5.73 Å². The lowest BCUT2D eigenvalue weighted by molar-refractivity contribution is 0.0674. The second kappa shape index (κ2) is 7.08. The van der Waals surface area contributed by atoms with E-state index < -0.39 is 0 Å². The molecule has 110 valence electrons. The Kier molecular flexibility index (Phi) is 5.70. The van der Waals surface area contributed by atoms with Crippen molar-refractivity contribution in [2.24, 2.45) is 16.6 Å². The summed E-state index contributed by atoms with van der Waals surface area (Å²) in [4.78, 5) is 9.35. The lowest BCUT2D eigenvalue weighted by atomic mass is 10.1. The van der Waals surface area contributed by atoms with Crippen LogP contribution in [0.2, 0.25) is 0 Å². The SMILES string of the molecule is I.NC(=NCC1CCN(C2CC2)C1)N1CCOCC1. The Labute approximate surface area is 132 Å². The zero-order valence-electron chi connectivity index (χ0n) is 11.5. The fraction of sp³-hybridized carbons (Fsp3) is 0.923. The van der Waals surface area contributed by atoms with Gasteiger partial charge in [-0.1, -0.05) is 0 Å². The van der Waals surface area contributed by atoms with Gasteiger partial charge in [0.15, 0.2) is 5.96 Å². The molecule has 2 N–H and O–H groups in total. The van der Waals surface area contributed by atoms with Gasteiger partial charge in [0.1, 0.15) is 0 Å². The van der Waals surface area contributed by atoms with E-state index in [1.807, 2.05) is 0 Å². The van der Waals surface area contributed by atoms with E-state index in [1.54, 1.807) is 0 Å². The highest BCUT2D eigenvalue weighted by molar-refractivity contribution is 14.0. The molecule has 19 heavy (non-hydrogen) atoms. The Bertz CT molecular complexity index is 316. The van der Waals surface area contributed by atoms with Crippen LogP contribution in [0.25, 0.3) is 0 Å². The molecule has 0 amide bonds. The van der Waals surface area contributed by atoms with Gasteiger partial charge < -0.3 is 20.3 Å². The van der Waals surface area contributed by atoms with Crippen LogP contribution in [0.3, 0.4) is 0 Å². The number of morpholine rings is 1. The third-order valence-electron chi connectivity index (χ3n) is 4.23. The number of rotatable bonds is 3. The quantitative estimate of drug-likeness (QED) is 0.446. The van der Waals surface area contributed by atoms with Crippen LogP contribution >= 0.6 is 24.0 Å². The summed E-state index contributed by atoms with van der Waals surface area (Å²) in [6.07, 6.45) is 4.11. The maximum absolute atomic E-state index is 6.04. The second-order valence-corrected chi connectivity index (χ2v) is 5.68. The predicted octanol–water partition coefficient (Wildman–Crippen LogP) is 0.736. The predicted molar refractivity (Wildman–Crippen MR) is 87.0 cm³/mol. The molecule has 3 fully saturated rings. The van der Waals surface area contributed by atoms with Crippen molar-refractivity contribution < 1.29 is 4.74 Å². The van der Waals surface area contributed by atoms with Crippen LogP contribution in [0, 0.1) is 5.92 Å². The number of hydrogen-bond donors (Lipinski definition) is 1. The van der Waals surface area contributed by atoms with Gasteiger partial charge in [-0.25, -0.2) is 0 Å². The van der Waals surface area contributed by atoms with Gasteiger partial charge in [-0.05, 0) is 31.7 Å². The van der Waals surface area contributed by atoms with Gasteiger partial charge in [0.05, 0.1) is 13.2 Å². The minimum atomic E-state index is 0. The van der Waals surface area contributed by atoms with Crippen LogP contribution in [0.5, 0.6) is 0 Å². The highest BCUT2D eigenvalue weighted by Crippen LogP contribution is 2.31. The second-order valence-electron chi connectivity index (χ2n) is 5.68. The molecule has 2 aliphatic heterocycles. The smallest absolute Gasteiger partial charge is 0.191 e. The number of likely N-dealkylation sites (tertiary alicyclic amines) is 1. The Balaban J connectivity index is 0.00000133. The minimum Gasteiger partial charge on any atom is -0.378 e. The first-order valence-corrected chi connectivity index (χ1v) is 7.19. The van der Waals surface area contributed by atoms with E-state index in [9.17, 15) is 0 Å². The van der Waals surface area contributed by atoms with Gasteiger partial charge in [0.2, 0.25) is 0 Å². The highest BCUT2D eigenvalue weighted by Gasteiger charge is 2.34. The topological polar surface area (TPSA) is 54.1 Å². The van der Waals surface area contributed by atoms with Crippen molar-refractivity contribution >= 4 is 29.9 Å². The first-order chi connectivity index (χ1) is 8.83. The molecule has 1 unspecified atom stereocenters. The summed E-state index contributed by atoms with van der Waals surface area (Å²) < 4.78 is 5.32. The zero-order chi connectivity index (χ0) is 12.4. The fourth-order valence-corrected chi connectivity index (χ4v) is 2.90. The zero-order valence-corrected chi connectivity index (χ0v) is 13.8. The summed E-state index contributed by atoms with van der Waals surface area (Å²) in [7, 11) is 0. The van der Waals surface area contributed by atoms with Gasteiger partial charge in [0.25, 0.3) is 0 Å². The average Bonchev–Trinajstić information content (AvgIpc) is 3.16. The molecule has 5 nitrogen and oxygen atoms in total. The molecule has 0 spiro atoms. The Morgan fingerprint density at radius 3 is 2.58 bits per heavy atom. The van der Waals surface area contributed by atoms with E-state index in [2.05, 4.69) is 14.8 Å². The number of aliphatic imine (C=N–C) groups is 1. The maximum atomic E-state index is 6.04. The molecule has 1 saturated carbocycles. The summed E-state index contributed by atoms with van der Waals surface area (Å²) in [5, 5.41) is 0. The van der Waals surface area contributed by atoms with Crippen molar-refractivity contribution in [2.75, 3.05) is 45.9 Å². The van der Waals surface area contributed by atoms with Crippen molar-refractivity contribution in [2.45, 2.75) is 25.3 Å². The van der Waals surface area contributed by atoms with E-state index in [4.69, 9.17) is 10.5 Å². The van der Waals surface area contributed by atoms with Crippen LogP contribution in [0.1, 0.15) is 19.3 Å². The van der Waals surface area contributed by atoms with Gasteiger partial charge in [-0.15, -0.1) is 24.0 Å². The van der Waals surface area contributed by atoms with E-state index in [-0.39, 0.29) is 24.0 Å². The van der Waals surface area contributed by atoms with Crippen molar-refractivity contribution in [3.63, 3.8) is 0 Å². The summed E-state index contributed by atoms with van der Waals surface area (Å²) in [6.45, 7) is 6.70. The molecular weight excluding hydrogens is 355 g/mol. The number of nitrogens with two attached hydrogens (primary N) is 1. The third-order valence-corrected chi connectivity index (χ3v) is 4.23. The molecule has 0 aromatic rings. The molecular formula is C13H25IN4O. The highest BCUT2D eigenvalue weighted by atomic mass is 127. The van der Waals surface area contributed by atoms with Crippen LogP contribution in [-0.2, 0) is 4.74 Å². The van der Waals surface area contributed by atoms with Crippen molar-refractivity contribution in [3.05, 3.63) is 0 Å². The number of hydrogen-bond acceptors (Lipinski definition) is 3. The normalized spacial score (nSPS) is 29.4. The lowest BCUT2D eigenvalue weighted by Crippen LogP contribution is -2.45. The minimum absolute atomic E-state index is 0. The molecule has 2 saturated heterocycles. The number of halogens is 1. The molecule has 0 aromatic carbocycles. The molecule has 1 aliphatic carbocycles. The number of nitrogens with zero attached hydrogens (tertiary/aromatic N) is 3. The molecule has 1 atom stereocenters. The average molecular weight is 380 g/mol. The van der Waals surface area contributed by atoms with Gasteiger partial charge >= 0.3 is 0 Å². The van der Waals surface area contributed by atoms with Crippen LogP contribution in [-0.4, -0.2) is 67.7 Å². The Morgan fingerprint density at radius 2 is 1.89 bits per heavy atom. The molecule has 3 rings (SSSR count). The summed E-state index contributed by atoms with van der Waals surface area (Å²) >= 11 is 0. The largest absolute Gasteiger partial charge is 0.378 e. The maximum Gasteiger partial charge on any atom is 0.191 e.